The molecule has 0 atom stereocenters. The van der Waals surface area contributed by atoms with Gasteiger partial charge in [0, 0.05) is 31.0 Å². The molecule has 1 saturated heterocycles. The predicted octanol–water partition coefficient (Wildman–Crippen LogP) is 1.81. The number of carboxylic acid groups (broad SMARTS) is 1. The number of aliphatic carboxylic acids is 1. The molecule has 1 aromatic rings. The van der Waals surface area contributed by atoms with Gasteiger partial charge in [0.1, 0.15) is 0 Å². The van der Waals surface area contributed by atoms with Crippen molar-refractivity contribution < 1.29 is 14.6 Å². The molecule has 0 unspecified atom stereocenters. The number of pyridine rings is 1. The predicted molar refractivity (Wildman–Crippen MR) is 62.8 cm³/mol. The van der Waals surface area contributed by atoms with Crippen LogP contribution >= 0.6 is 0 Å². The van der Waals surface area contributed by atoms with Crippen LogP contribution in [-0.4, -0.2) is 29.3 Å². The summed E-state index contributed by atoms with van der Waals surface area (Å²) in [6.07, 6.45) is 1.63. The smallest absolute Gasteiger partial charge is 0.310 e. The molecule has 1 aliphatic rings. The lowest BCUT2D eigenvalue weighted by Crippen LogP contribution is -2.39. The quantitative estimate of drug-likeness (QED) is 0.868. The van der Waals surface area contributed by atoms with Gasteiger partial charge in [0.15, 0.2) is 0 Å². The van der Waals surface area contributed by atoms with E-state index in [0.29, 0.717) is 32.5 Å². The van der Waals surface area contributed by atoms with Crippen molar-refractivity contribution in [2.24, 2.45) is 5.41 Å². The first-order chi connectivity index (χ1) is 8.12. The van der Waals surface area contributed by atoms with E-state index < -0.39 is 11.4 Å². The van der Waals surface area contributed by atoms with Gasteiger partial charge in [0.2, 0.25) is 0 Å². The zero-order valence-corrected chi connectivity index (χ0v) is 9.98. The molecule has 1 fully saturated rings. The highest BCUT2D eigenvalue weighted by molar-refractivity contribution is 5.75. The fourth-order valence-electron chi connectivity index (χ4n) is 2.27. The van der Waals surface area contributed by atoms with Crippen molar-refractivity contribution in [2.75, 3.05) is 13.2 Å². The van der Waals surface area contributed by atoms with Crippen LogP contribution in [0, 0.1) is 12.3 Å². The molecular weight excluding hydrogens is 218 g/mol. The Bertz CT molecular complexity index is 411. The second-order valence-electron chi connectivity index (χ2n) is 4.64. The van der Waals surface area contributed by atoms with Gasteiger partial charge < -0.3 is 9.84 Å². The van der Waals surface area contributed by atoms with Crippen LogP contribution in [0.3, 0.4) is 0 Å². The first-order valence-electron chi connectivity index (χ1n) is 5.86. The summed E-state index contributed by atoms with van der Waals surface area (Å²) in [6, 6.07) is 5.74. The summed E-state index contributed by atoms with van der Waals surface area (Å²) in [6.45, 7) is 2.97. The molecule has 1 aromatic heterocycles. The van der Waals surface area contributed by atoms with Gasteiger partial charge in [0.05, 0.1) is 5.41 Å². The van der Waals surface area contributed by atoms with E-state index in [1.807, 2.05) is 25.1 Å². The lowest BCUT2D eigenvalue weighted by Gasteiger charge is -2.32. The van der Waals surface area contributed by atoms with Crippen LogP contribution in [0.4, 0.5) is 0 Å². The molecule has 0 aliphatic carbocycles. The lowest BCUT2D eigenvalue weighted by atomic mass is 9.76. The Morgan fingerprint density at radius 3 is 2.76 bits per heavy atom. The first kappa shape index (κ1) is 12.0. The molecule has 0 aromatic carbocycles. The van der Waals surface area contributed by atoms with Gasteiger partial charge in [-0.2, -0.15) is 0 Å². The second kappa shape index (κ2) is 4.84. The molecule has 0 radical (unpaired) electrons. The third kappa shape index (κ3) is 2.64. The van der Waals surface area contributed by atoms with Crippen molar-refractivity contribution in [2.45, 2.75) is 26.2 Å². The maximum Gasteiger partial charge on any atom is 0.310 e. The van der Waals surface area contributed by atoms with Crippen molar-refractivity contribution in [1.29, 1.82) is 0 Å². The Labute approximate surface area is 101 Å². The molecular formula is C13H17NO3. The summed E-state index contributed by atoms with van der Waals surface area (Å²) >= 11 is 0. The van der Waals surface area contributed by atoms with Crippen molar-refractivity contribution >= 4 is 5.97 Å². The number of hydrogen-bond acceptors (Lipinski definition) is 3. The Kier molecular flexibility index (Phi) is 3.43. The maximum absolute atomic E-state index is 11.5. The summed E-state index contributed by atoms with van der Waals surface area (Å²) in [5.74, 6) is -0.732. The molecule has 0 amide bonds. The molecule has 0 spiro atoms. The van der Waals surface area contributed by atoms with Crippen LogP contribution in [0.1, 0.15) is 24.2 Å². The van der Waals surface area contributed by atoms with Gasteiger partial charge in [0.25, 0.3) is 0 Å². The van der Waals surface area contributed by atoms with E-state index >= 15 is 0 Å². The second-order valence-corrected chi connectivity index (χ2v) is 4.64. The minimum absolute atomic E-state index is 0.493. The molecule has 1 aliphatic heterocycles. The van der Waals surface area contributed by atoms with Gasteiger partial charge in [-0.1, -0.05) is 6.07 Å². The highest BCUT2D eigenvalue weighted by Gasteiger charge is 2.40. The highest BCUT2D eigenvalue weighted by Crippen LogP contribution is 2.34. The Morgan fingerprint density at radius 1 is 1.47 bits per heavy atom. The summed E-state index contributed by atoms with van der Waals surface area (Å²) < 4.78 is 5.25. The Morgan fingerprint density at radius 2 is 2.18 bits per heavy atom. The van der Waals surface area contributed by atoms with Crippen LogP contribution in [0.15, 0.2) is 18.2 Å². The molecule has 92 valence electrons. The first-order valence-corrected chi connectivity index (χ1v) is 5.86. The van der Waals surface area contributed by atoms with E-state index in [2.05, 4.69) is 4.98 Å². The van der Waals surface area contributed by atoms with E-state index in [9.17, 15) is 9.90 Å². The van der Waals surface area contributed by atoms with Gasteiger partial charge in [-0.3, -0.25) is 9.78 Å². The van der Waals surface area contributed by atoms with Crippen molar-refractivity contribution in [3.05, 3.63) is 29.6 Å². The summed E-state index contributed by atoms with van der Waals surface area (Å²) in [7, 11) is 0. The Hall–Kier alpha value is -1.42. The van der Waals surface area contributed by atoms with E-state index in [0.717, 1.165) is 11.4 Å². The molecule has 2 rings (SSSR count). The van der Waals surface area contributed by atoms with Crippen LogP contribution < -0.4 is 0 Å². The number of aryl methyl sites for hydroxylation is 1. The number of nitrogens with zero attached hydrogens (tertiary/aromatic N) is 1. The average molecular weight is 235 g/mol. The minimum atomic E-state index is -0.732. The van der Waals surface area contributed by atoms with E-state index in [1.54, 1.807) is 0 Å². The number of ether oxygens (including phenoxy) is 1. The number of carbonyl (C=O) groups is 1. The van der Waals surface area contributed by atoms with Crippen molar-refractivity contribution in [3.63, 3.8) is 0 Å². The number of carboxylic acids is 1. The van der Waals surface area contributed by atoms with Gasteiger partial charge in [-0.25, -0.2) is 0 Å². The van der Waals surface area contributed by atoms with Crippen LogP contribution in [0.25, 0.3) is 0 Å². The molecule has 4 nitrogen and oxygen atoms in total. The molecule has 2 heterocycles. The fourth-order valence-corrected chi connectivity index (χ4v) is 2.27. The third-order valence-electron chi connectivity index (χ3n) is 3.37. The summed E-state index contributed by atoms with van der Waals surface area (Å²) in [4.78, 5) is 15.9. The summed E-state index contributed by atoms with van der Waals surface area (Å²) in [5.41, 5.74) is 1.09. The lowest BCUT2D eigenvalue weighted by molar-refractivity contribution is -0.154. The largest absolute Gasteiger partial charge is 0.481 e. The average Bonchev–Trinajstić information content (AvgIpc) is 2.30. The van der Waals surface area contributed by atoms with Crippen molar-refractivity contribution in [3.8, 4) is 0 Å². The van der Waals surface area contributed by atoms with Crippen LogP contribution in [-0.2, 0) is 16.0 Å². The van der Waals surface area contributed by atoms with E-state index in [-0.39, 0.29) is 0 Å². The number of aromatic nitrogens is 1. The zero-order valence-electron chi connectivity index (χ0n) is 9.98. The normalized spacial score (nSPS) is 18.9. The molecule has 0 saturated carbocycles. The van der Waals surface area contributed by atoms with Crippen molar-refractivity contribution in [1.82, 2.24) is 4.98 Å². The monoisotopic (exact) mass is 235 g/mol. The maximum atomic E-state index is 11.5. The molecule has 0 bridgehead atoms. The number of rotatable bonds is 3. The zero-order chi connectivity index (χ0) is 12.3. The minimum Gasteiger partial charge on any atom is -0.481 e. The fraction of sp³-hybridized carbons (Fsp3) is 0.538. The third-order valence-corrected chi connectivity index (χ3v) is 3.37. The highest BCUT2D eigenvalue weighted by atomic mass is 16.5. The van der Waals surface area contributed by atoms with Crippen LogP contribution in [0.5, 0.6) is 0 Å². The van der Waals surface area contributed by atoms with Gasteiger partial charge >= 0.3 is 5.97 Å². The number of hydrogen-bond donors (Lipinski definition) is 1. The SMILES string of the molecule is Cc1cccc(CC2(C(=O)O)CCOCC2)n1. The summed E-state index contributed by atoms with van der Waals surface area (Å²) in [5, 5.41) is 9.44. The molecule has 1 N–H and O–H groups in total. The topological polar surface area (TPSA) is 59.4 Å². The van der Waals surface area contributed by atoms with Gasteiger partial charge in [-0.05, 0) is 31.9 Å². The molecule has 17 heavy (non-hydrogen) atoms. The Balaban J connectivity index is 2.20. The van der Waals surface area contributed by atoms with Gasteiger partial charge in [-0.15, -0.1) is 0 Å². The standard InChI is InChI=1S/C13H17NO3/c1-10-3-2-4-11(14-10)9-13(12(15)16)5-7-17-8-6-13/h2-4H,5-9H2,1H3,(H,15,16). The van der Waals surface area contributed by atoms with E-state index in [4.69, 9.17) is 4.74 Å². The molecule has 4 heteroatoms. The van der Waals surface area contributed by atoms with Crippen LogP contribution in [0.2, 0.25) is 0 Å². The van der Waals surface area contributed by atoms with E-state index in [1.165, 1.54) is 0 Å².